The standard InChI is InChI=1S/C13H26N2O2/c1-13(2,7-10-16)14-11-12(17)15-8-5-3-4-6-9-15/h14,16H,3-11H2,1-2H3. The molecule has 17 heavy (non-hydrogen) atoms. The lowest BCUT2D eigenvalue weighted by molar-refractivity contribution is -0.130. The summed E-state index contributed by atoms with van der Waals surface area (Å²) >= 11 is 0. The second-order valence-corrected chi connectivity index (χ2v) is 5.51. The molecule has 100 valence electrons. The van der Waals surface area contributed by atoms with E-state index in [0.717, 1.165) is 25.9 Å². The van der Waals surface area contributed by atoms with E-state index in [1.807, 2.05) is 18.7 Å². The molecule has 1 heterocycles. The van der Waals surface area contributed by atoms with Gasteiger partial charge in [-0.2, -0.15) is 0 Å². The molecule has 0 aliphatic carbocycles. The maximum Gasteiger partial charge on any atom is 0.236 e. The second-order valence-electron chi connectivity index (χ2n) is 5.51. The van der Waals surface area contributed by atoms with Crippen LogP contribution in [0.1, 0.15) is 46.0 Å². The van der Waals surface area contributed by atoms with Gasteiger partial charge in [0.25, 0.3) is 0 Å². The van der Waals surface area contributed by atoms with Crippen molar-refractivity contribution in [1.29, 1.82) is 0 Å². The number of hydrogen-bond donors (Lipinski definition) is 2. The van der Waals surface area contributed by atoms with E-state index in [1.165, 1.54) is 12.8 Å². The quantitative estimate of drug-likeness (QED) is 0.760. The molecule has 0 spiro atoms. The molecule has 1 rings (SSSR count). The van der Waals surface area contributed by atoms with Crippen LogP contribution in [0, 0.1) is 0 Å². The molecule has 0 aromatic carbocycles. The molecule has 0 aromatic heterocycles. The van der Waals surface area contributed by atoms with Gasteiger partial charge >= 0.3 is 0 Å². The first-order valence-corrected chi connectivity index (χ1v) is 6.69. The van der Waals surface area contributed by atoms with Gasteiger partial charge in [-0.1, -0.05) is 12.8 Å². The summed E-state index contributed by atoms with van der Waals surface area (Å²) in [5.74, 6) is 0.193. The fraction of sp³-hybridized carbons (Fsp3) is 0.923. The van der Waals surface area contributed by atoms with Crippen LogP contribution >= 0.6 is 0 Å². The Balaban J connectivity index is 2.32. The third kappa shape index (κ3) is 5.50. The number of rotatable bonds is 5. The van der Waals surface area contributed by atoms with Gasteiger partial charge < -0.3 is 15.3 Å². The summed E-state index contributed by atoms with van der Waals surface area (Å²) in [6.45, 7) is 6.37. The van der Waals surface area contributed by atoms with Gasteiger partial charge in [0.2, 0.25) is 5.91 Å². The smallest absolute Gasteiger partial charge is 0.236 e. The molecule has 1 aliphatic rings. The largest absolute Gasteiger partial charge is 0.396 e. The van der Waals surface area contributed by atoms with E-state index in [2.05, 4.69) is 5.32 Å². The van der Waals surface area contributed by atoms with Crippen molar-refractivity contribution in [2.45, 2.75) is 51.5 Å². The van der Waals surface area contributed by atoms with Crippen LogP contribution in [0.5, 0.6) is 0 Å². The Bertz CT molecular complexity index is 234. The topological polar surface area (TPSA) is 52.6 Å². The number of carbonyl (C=O) groups excluding carboxylic acids is 1. The minimum absolute atomic E-state index is 0.151. The molecular formula is C13H26N2O2. The van der Waals surface area contributed by atoms with Crippen molar-refractivity contribution >= 4 is 5.91 Å². The fourth-order valence-electron chi connectivity index (χ4n) is 2.11. The Kier molecular flexibility index (Phi) is 5.92. The molecule has 0 aromatic rings. The molecule has 0 unspecified atom stereocenters. The highest BCUT2D eigenvalue weighted by Crippen LogP contribution is 2.10. The highest BCUT2D eigenvalue weighted by Gasteiger charge is 2.20. The maximum absolute atomic E-state index is 12.0. The second kappa shape index (κ2) is 6.97. The van der Waals surface area contributed by atoms with Gasteiger partial charge in [-0.15, -0.1) is 0 Å². The Morgan fingerprint density at radius 3 is 2.35 bits per heavy atom. The average molecular weight is 242 g/mol. The van der Waals surface area contributed by atoms with Crippen molar-refractivity contribution in [3.05, 3.63) is 0 Å². The fourth-order valence-corrected chi connectivity index (χ4v) is 2.11. The van der Waals surface area contributed by atoms with Crippen LogP contribution in [0.15, 0.2) is 0 Å². The number of hydrogen-bond acceptors (Lipinski definition) is 3. The van der Waals surface area contributed by atoms with Crippen molar-refractivity contribution in [1.82, 2.24) is 10.2 Å². The highest BCUT2D eigenvalue weighted by molar-refractivity contribution is 5.78. The summed E-state index contributed by atoms with van der Waals surface area (Å²) in [5.41, 5.74) is -0.170. The van der Waals surface area contributed by atoms with Gasteiger partial charge in [-0.3, -0.25) is 4.79 Å². The van der Waals surface area contributed by atoms with Crippen molar-refractivity contribution in [2.24, 2.45) is 0 Å². The Morgan fingerprint density at radius 1 is 1.24 bits per heavy atom. The summed E-state index contributed by atoms with van der Waals surface area (Å²) in [7, 11) is 0. The molecule has 0 saturated carbocycles. The number of nitrogens with zero attached hydrogens (tertiary/aromatic N) is 1. The summed E-state index contributed by atoms with van der Waals surface area (Å²) in [5, 5.41) is 12.1. The van der Waals surface area contributed by atoms with E-state index in [0.29, 0.717) is 13.0 Å². The zero-order chi connectivity index (χ0) is 12.7. The van der Waals surface area contributed by atoms with Gasteiger partial charge in [-0.05, 0) is 33.1 Å². The molecule has 2 N–H and O–H groups in total. The average Bonchev–Trinajstić information content (AvgIpc) is 2.54. The number of carbonyl (C=O) groups is 1. The van der Waals surface area contributed by atoms with Gasteiger partial charge in [-0.25, -0.2) is 0 Å². The normalized spacial score (nSPS) is 17.9. The lowest BCUT2D eigenvalue weighted by Crippen LogP contribution is -2.47. The van der Waals surface area contributed by atoms with E-state index in [9.17, 15) is 4.79 Å². The lowest BCUT2D eigenvalue weighted by atomic mass is 10.0. The van der Waals surface area contributed by atoms with Crippen LogP contribution in [-0.4, -0.2) is 47.7 Å². The van der Waals surface area contributed by atoms with E-state index in [4.69, 9.17) is 5.11 Å². The zero-order valence-electron chi connectivity index (χ0n) is 11.2. The van der Waals surface area contributed by atoms with Gasteiger partial charge in [0.15, 0.2) is 0 Å². The first-order valence-electron chi connectivity index (χ1n) is 6.69. The van der Waals surface area contributed by atoms with Crippen molar-refractivity contribution < 1.29 is 9.90 Å². The van der Waals surface area contributed by atoms with Crippen LogP contribution in [0.4, 0.5) is 0 Å². The van der Waals surface area contributed by atoms with Crippen molar-refractivity contribution in [2.75, 3.05) is 26.2 Å². The molecule has 0 atom stereocenters. The van der Waals surface area contributed by atoms with E-state index >= 15 is 0 Å². The van der Waals surface area contributed by atoms with Gasteiger partial charge in [0.05, 0.1) is 6.54 Å². The summed E-state index contributed by atoms with van der Waals surface area (Å²) in [6.07, 6.45) is 5.41. The minimum atomic E-state index is -0.170. The van der Waals surface area contributed by atoms with Crippen LogP contribution in [0.2, 0.25) is 0 Å². The van der Waals surface area contributed by atoms with E-state index in [-0.39, 0.29) is 18.1 Å². The Hall–Kier alpha value is -0.610. The van der Waals surface area contributed by atoms with Crippen LogP contribution in [-0.2, 0) is 4.79 Å². The molecule has 1 aliphatic heterocycles. The first-order chi connectivity index (χ1) is 8.05. The van der Waals surface area contributed by atoms with Gasteiger partial charge in [0, 0.05) is 25.2 Å². The number of aliphatic hydroxyl groups excluding tert-OH is 1. The highest BCUT2D eigenvalue weighted by atomic mass is 16.3. The number of nitrogens with one attached hydrogen (secondary N) is 1. The molecule has 4 heteroatoms. The molecule has 0 bridgehead atoms. The Labute approximate surface area is 104 Å². The monoisotopic (exact) mass is 242 g/mol. The first kappa shape index (κ1) is 14.5. The third-order valence-corrected chi connectivity index (χ3v) is 3.41. The minimum Gasteiger partial charge on any atom is -0.396 e. The number of likely N-dealkylation sites (tertiary alicyclic amines) is 1. The molecule has 4 nitrogen and oxygen atoms in total. The molecule has 1 saturated heterocycles. The molecule has 0 radical (unpaired) electrons. The zero-order valence-corrected chi connectivity index (χ0v) is 11.2. The predicted octanol–water partition coefficient (Wildman–Crippen LogP) is 1.14. The molecule has 1 amide bonds. The number of aliphatic hydroxyl groups is 1. The van der Waals surface area contributed by atoms with E-state index in [1.54, 1.807) is 0 Å². The Morgan fingerprint density at radius 2 is 1.82 bits per heavy atom. The van der Waals surface area contributed by atoms with Crippen molar-refractivity contribution in [3.63, 3.8) is 0 Å². The van der Waals surface area contributed by atoms with E-state index < -0.39 is 0 Å². The van der Waals surface area contributed by atoms with Crippen molar-refractivity contribution in [3.8, 4) is 0 Å². The van der Waals surface area contributed by atoms with Gasteiger partial charge in [0.1, 0.15) is 0 Å². The van der Waals surface area contributed by atoms with Crippen LogP contribution < -0.4 is 5.32 Å². The lowest BCUT2D eigenvalue weighted by Gasteiger charge is -2.27. The predicted molar refractivity (Wildman–Crippen MR) is 68.8 cm³/mol. The summed E-state index contributed by atoms with van der Waals surface area (Å²) in [4.78, 5) is 14.0. The number of amides is 1. The third-order valence-electron chi connectivity index (χ3n) is 3.41. The molecule has 1 fully saturated rings. The maximum atomic E-state index is 12.0. The summed E-state index contributed by atoms with van der Waals surface area (Å²) in [6, 6.07) is 0. The summed E-state index contributed by atoms with van der Waals surface area (Å²) < 4.78 is 0. The molecular weight excluding hydrogens is 216 g/mol. The van der Waals surface area contributed by atoms with Crippen LogP contribution in [0.3, 0.4) is 0 Å². The van der Waals surface area contributed by atoms with Crippen LogP contribution in [0.25, 0.3) is 0 Å². The SMILES string of the molecule is CC(C)(CCO)NCC(=O)N1CCCCCC1.